The van der Waals surface area contributed by atoms with Crippen LogP contribution in [-0.4, -0.2) is 5.11 Å². The summed E-state index contributed by atoms with van der Waals surface area (Å²) in [6.07, 6.45) is 0. The Hall–Kier alpha value is 0.560. The molecule has 0 heterocycles. The summed E-state index contributed by atoms with van der Waals surface area (Å²) < 4.78 is 0.984. The highest BCUT2D eigenvalue weighted by Gasteiger charge is 2.11. The highest BCUT2D eigenvalue weighted by atomic mass is 79.9. The standard InChI is InChI=1S/C6H2Br2Cl2O/c7-2-1-3(9)4(8)6(11)5(2)10/h1,11H. The van der Waals surface area contributed by atoms with Crippen molar-refractivity contribution >= 4 is 55.1 Å². The lowest BCUT2D eigenvalue weighted by molar-refractivity contribution is 0.472. The van der Waals surface area contributed by atoms with Gasteiger partial charge in [0, 0.05) is 4.47 Å². The zero-order chi connectivity index (χ0) is 8.59. The Bertz CT molecular complexity index is 275. The lowest BCUT2D eigenvalue weighted by Gasteiger charge is -2.03. The molecule has 1 N–H and O–H groups in total. The molecule has 0 unspecified atom stereocenters. The van der Waals surface area contributed by atoms with Crippen molar-refractivity contribution < 1.29 is 5.11 Å². The smallest absolute Gasteiger partial charge is 0.151 e. The van der Waals surface area contributed by atoms with Gasteiger partial charge < -0.3 is 5.11 Å². The fourth-order valence-electron chi connectivity index (χ4n) is 0.561. The van der Waals surface area contributed by atoms with Gasteiger partial charge in [-0.3, -0.25) is 0 Å². The van der Waals surface area contributed by atoms with Crippen LogP contribution < -0.4 is 0 Å². The average Bonchev–Trinajstić information content (AvgIpc) is 1.97. The fraction of sp³-hybridized carbons (Fsp3) is 0. The molecule has 0 aromatic heterocycles. The molecular formula is C6H2Br2Cl2O. The zero-order valence-corrected chi connectivity index (χ0v) is 9.72. The van der Waals surface area contributed by atoms with Crippen molar-refractivity contribution in [3.05, 3.63) is 25.1 Å². The predicted octanol–water partition coefficient (Wildman–Crippen LogP) is 4.22. The van der Waals surface area contributed by atoms with Gasteiger partial charge in [0.2, 0.25) is 0 Å². The molecule has 0 aliphatic carbocycles. The molecule has 0 bridgehead atoms. The number of phenols is 1. The first-order valence-corrected chi connectivity index (χ1v) is 4.90. The largest absolute Gasteiger partial charge is 0.505 e. The molecule has 0 amide bonds. The van der Waals surface area contributed by atoms with E-state index in [9.17, 15) is 5.11 Å². The first-order chi connectivity index (χ1) is 5.04. The van der Waals surface area contributed by atoms with Gasteiger partial charge in [-0.1, -0.05) is 23.2 Å². The first-order valence-electron chi connectivity index (χ1n) is 2.56. The molecule has 0 fully saturated rings. The lowest BCUT2D eigenvalue weighted by atomic mass is 10.3. The molecule has 0 atom stereocenters. The molecule has 1 nitrogen and oxygen atoms in total. The molecule has 0 radical (unpaired) electrons. The molecular weight excluding hydrogens is 319 g/mol. The molecule has 60 valence electrons. The highest BCUT2D eigenvalue weighted by molar-refractivity contribution is 9.11. The van der Waals surface area contributed by atoms with E-state index in [0.717, 1.165) is 0 Å². The Morgan fingerprint density at radius 2 is 1.82 bits per heavy atom. The number of hydrogen-bond donors (Lipinski definition) is 1. The number of rotatable bonds is 0. The van der Waals surface area contributed by atoms with E-state index >= 15 is 0 Å². The van der Waals surface area contributed by atoms with Gasteiger partial charge in [0.1, 0.15) is 0 Å². The van der Waals surface area contributed by atoms with Gasteiger partial charge in [-0.05, 0) is 37.9 Å². The normalized spacial score (nSPS) is 10.2. The number of benzene rings is 1. The summed E-state index contributed by atoms with van der Waals surface area (Å²) in [6, 6.07) is 1.60. The predicted molar refractivity (Wildman–Crippen MR) is 53.5 cm³/mol. The van der Waals surface area contributed by atoms with Crippen molar-refractivity contribution in [2.45, 2.75) is 0 Å². The monoisotopic (exact) mass is 318 g/mol. The second kappa shape index (κ2) is 3.52. The fourth-order valence-corrected chi connectivity index (χ4v) is 1.88. The van der Waals surface area contributed by atoms with E-state index < -0.39 is 0 Å². The summed E-state index contributed by atoms with van der Waals surface area (Å²) in [5.41, 5.74) is 0. The minimum Gasteiger partial charge on any atom is -0.505 e. The van der Waals surface area contributed by atoms with Gasteiger partial charge in [-0.15, -0.1) is 0 Å². The van der Waals surface area contributed by atoms with Crippen LogP contribution in [0.15, 0.2) is 15.0 Å². The summed E-state index contributed by atoms with van der Waals surface area (Å²) in [7, 11) is 0. The topological polar surface area (TPSA) is 20.2 Å². The van der Waals surface area contributed by atoms with Crippen LogP contribution >= 0.6 is 55.1 Å². The van der Waals surface area contributed by atoms with Crippen LogP contribution in [-0.2, 0) is 0 Å². The summed E-state index contributed by atoms with van der Waals surface area (Å²) in [6.45, 7) is 0. The van der Waals surface area contributed by atoms with Crippen molar-refractivity contribution in [2.75, 3.05) is 0 Å². The number of halogens is 4. The third-order valence-electron chi connectivity index (χ3n) is 1.09. The Balaban J connectivity index is 3.46. The van der Waals surface area contributed by atoms with Crippen molar-refractivity contribution in [3.8, 4) is 5.75 Å². The Kier molecular flexibility index (Phi) is 3.09. The quantitative estimate of drug-likeness (QED) is 0.709. The zero-order valence-electron chi connectivity index (χ0n) is 5.04. The van der Waals surface area contributed by atoms with E-state index in [1.807, 2.05) is 0 Å². The summed E-state index contributed by atoms with van der Waals surface area (Å²) >= 11 is 17.6. The molecule has 11 heavy (non-hydrogen) atoms. The molecule has 1 aromatic carbocycles. The minimum absolute atomic E-state index is 0.0500. The van der Waals surface area contributed by atoms with Crippen LogP contribution in [0.3, 0.4) is 0 Å². The molecule has 5 heteroatoms. The van der Waals surface area contributed by atoms with Crippen LogP contribution in [0, 0.1) is 0 Å². The lowest BCUT2D eigenvalue weighted by Crippen LogP contribution is -1.75. The van der Waals surface area contributed by atoms with E-state index in [4.69, 9.17) is 23.2 Å². The van der Waals surface area contributed by atoms with Crippen molar-refractivity contribution in [2.24, 2.45) is 0 Å². The van der Waals surface area contributed by atoms with Gasteiger partial charge in [0.25, 0.3) is 0 Å². The van der Waals surface area contributed by atoms with Crippen LogP contribution in [0.5, 0.6) is 5.75 Å². The molecule has 1 aromatic rings. The van der Waals surface area contributed by atoms with Gasteiger partial charge >= 0.3 is 0 Å². The maximum atomic E-state index is 9.27. The average molecular weight is 321 g/mol. The summed E-state index contributed by atoms with van der Waals surface area (Å²) in [5.74, 6) is -0.0500. The third kappa shape index (κ3) is 1.83. The molecule has 1 rings (SSSR count). The van der Waals surface area contributed by atoms with E-state index in [-0.39, 0.29) is 10.8 Å². The van der Waals surface area contributed by atoms with Crippen LogP contribution in [0.2, 0.25) is 10.0 Å². The van der Waals surface area contributed by atoms with Crippen molar-refractivity contribution in [1.82, 2.24) is 0 Å². The number of aromatic hydroxyl groups is 1. The Labute approximate surface area is 90.6 Å². The SMILES string of the molecule is Oc1c(Cl)c(Br)cc(Cl)c1Br. The summed E-state index contributed by atoms with van der Waals surface area (Å²) in [5, 5.41) is 9.94. The maximum absolute atomic E-state index is 9.27. The molecule has 0 spiro atoms. The second-order valence-electron chi connectivity index (χ2n) is 1.82. The van der Waals surface area contributed by atoms with Crippen molar-refractivity contribution in [3.63, 3.8) is 0 Å². The van der Waals surface area contributed by atoms with Crippen LogP contribution in [0.1, 0.15) is 0 Å². The third-order valence-corrected chi connectivity index (χ3v) is 3.65. The van der Waals surface area contributed by atoms with Gasteiger partial charge in [-0.25, -0.2) is 0 Å². The second-order valence-corrected chi connectivity index (χ2v) is 4.25. The van der Waals surface area contributed by atoms with Gasteiger partial charge in [-0.2, -0.15) is 0 Å². The number of hydrogen-bond acceptors (Lipinski definition) is 1. The molecule has 0 aliphatic rings. The van der Waals surface area contributed by atoms with Gasteiger partial charge in [0.15, 0.2) is 5.75 Å². The van der Waals surface area contributed by atoms with E-state index in [2.05, 4.69) is 31.9 Å². The van der Waals surface area contributed by atoms with E-state index in [0.29, 0.717) is 14.0 Å². The van der Waals surface area contributed by atoms with Crippen molar-refractivity contribution in [1.29, 1.82) is 0 Å². The van der Waals surface area contributed by atoms with Crippen LogP contribution in [0.4, 0.5) is 0 Å². The molecule has 0 saturated carbocycles. The van der Waals surface area contributed by atoms with Gasteiger partial charge in [0.05, 0.1) is 14.5 Å². The van der Waals surface area contributed by atoms with E-state index in [1.165, 1.54) is 0 Å². The Morgan fingerprint density at radius 1 is 1.27 bits per heavy atom. The van der Waals surface area contributed by atoms with E-state index in [1.54, 1.807) is 6.07 Å². The minimum atomic E-state index is -0.0500. The Morgan fingerprint density at radius 3 is 2.36 bits per heavy atom. The molecule has 0 saturated heterocycles. The molecule has 0 aliphatic heterocycles. The maximum Gasteiger partial charge on any atom is 0.151 e. The number of phenolic OH excluding ortho intramolecular Hbond substituents is 1. The summed E-state index contributed by atoms with van der Waals surface area (Å²) in [4.78, 5) is 0. The first kappa shape index (κ1) is 9.65. The highest BCUT2D eigenvalue weighted by Crippen LogP contribution is 2.41. The van der Waals surface area contributed by atoms with Crippen LogP contribution in [0.25, 0.3) is 0 Å².